The first kappa shape index (κ1) is 11.1. The van der Waals surface area contributed by atoms with Crippen LogP contribution in [-0.4, -0.2) is 23.0 Å². The van der Waals surface area contributed by atoms with E-state index in [0.29, 0.717) is 11.0 Å². The van der Waals surface area contributed by atoms with Crippen molar-refractivity contribution in [1.82, 2.24) is 4.98 Å². The SMILES string of the molecule is O=[N+]([O-])c1ccc(Cl)nc1N1CCCCC1. The molecule has 6 heteroatoms. The highest BCUT2D eigenvalue weighted by molar-refractivity contribution is 6.29. The van der Waals surface area contributed by atoms with E-state index in [-0.39, 0.29) is 5.69 Å². The molecule has 0 aromatic carbocycles. The number of piperidine rings is 1. The van der Waals surface area contributed by atoms with Gasteiger partial charge in [-0.25, -0.2) is 4.98 Å². The van der Waals surface area contributed by atoms with Crippen molar-refractivity contribution in [2.24, 2.45) is 0 Å². The van der Waals surface area contributed by atoms with Gasteiger partial charge in [-0.05, 0) is 25.3 Å². The Hall–Kier alpha value is -1.36. The zero-order valence-electron chi connectivity index (χ0n) is 8.73. The number of rotatable bonds is 2. The number of hydrogen-bond donors (Lipinski definition) is 0. The lowest BCUT2D eigenvalue weighted by atomic mass is 10.1. The minimum atomic E-state index is -0.409. The summed E-state index contributed by atoms with van der Waals surface area (Å²) in [6, 6.07) is 2.87. The van der Waals surface area contributed by atoms with Crippen molar-refractivity contribution < 1.29 is 4.92 Å². The molecule has 1 aliphatic heterocycles. The number of hydrogen-bond acceptors (Lipinski definition) is 4. The maximum Gasteiger partial charge on any atom is 0.311 e. The van der Waals surface area contributed by atoms with Gasteiger partial charge in [0.2, 0.25) is 5.82 Å². The molecule has 0 atom stereocenters. The fourth-order valence-corrected chi connectivity index (χ4v) is 2.04. The second-order valence-electron chi connectivity index (χ2n) is 3.78. The zero-order valence-corrected chi connectivity index (χ0v) is 9.48. The summed E-state index contributed by atoms with van der Waals surface area (Å²) in [5.41, 5.74) is 0.0336. The monoisotopic (exact) mass is 241 g/mol. The van der Waals surface area contributed by atoms with Gasteiger partial charge in [0.15, 0.2) is 0 Å². The lowest BCUT2D eigenvalue weighted by molar-refractivity contribution is -0.384. The molecule has 0 spiro atoms. The molecule has 0 saturated carbocycles. The van der Waals surface area contributed by atoms with Crippen molar-refractivity contribution in [2.75, 3.05) is 18.0 Å². The summed E-state index contributed by atoms with van der Waals surface area (Å²) in [5, 5.41) is 11.2. The lowest BCUT2D eigenvalue weighted by Gasteiger charge is -2.27. The van der Waals surface area contributed by atoms with E-state index in [9.17, 15) is 10.1 Å². The van der Waals surface area contributed by atoms with Crippen LogP contribution < -0.4 is 4.90 Å². The van der Waals surface area contributed by atoms with Gasteiger partial charge in [-0.2, -0.15) is 0 Å². The molecule has 1 aromatic heterocycles. The van der Waals surface area contributed by atoms with Gasteiger partial charge in [0, 0.05) is 19.2 Å². The minimum Gasteiger partial charge on any atom is -0.351 e. The molecule has 0 radical (unpaired) electrons. The van der Waals surface area contributed by atoms with Crippen LogP contribution in [0.2, 0.25) is 5.15 Å². The average Bonchev–Trinajstić information content (AvgIpc) is 2.29. The first-order chi connectivity index (χ1) is 7.68. The standard InChI is InChI=1S/C10H12ClN3O2/c11-9-5-4-8(14(15)16)10(12-9)13-6-2-1-3-7-13/h4-5H,1-3,6-7H2. The smallest absolute Gasteiger partial charge is 0.311 e. The highest BCUT2D eigenvalue weighted by atomic mass is 35.5. The summed E-state index contributed by atoms with van der Waals surface area (Å²) >= 11 is 5.78. The molecule has 0 bridgehead atoms. The van der Waals surface area contributed by atoms with E-state index in [0.717, 1.165) is 25.9 Å². The molecular weight excluding hydrogens is 230 g/mol. The van der Waals surface area contributed by atoms with Gasteiger partial charge >= 0.3 is 5.69 Å². The fourth-order valence-electron chi connectivity index (χ4n) is 1.90. The largest absolute Gasteiger partial charge is 0.351 e. The number of nitrogens with zero attached hydrogens (tertiary/aromatic N) is 3. The van der Waals surface area contributed by atoms with Crippen LogP contribution in [0.1, 0.15) is 19.3 Å². The van der Waals surface area contributed by atoms with Gasteiger partial charge in [0.25, 0.3) is 0 Å². The second-order valence-corrected chi connectivity index (χ2v) is 4.17. The molecule has 0 aliphatic carbocycles. The quantitative estimate of drug-likeness (QED) is 0.454. The van der Waals surface area contributed by atoms with E-state index in [1.807, 2.05) is 4.90 Å². The Balaban J connectivity index is 2.36. The Morgan fingerprint density at radius 3 is 2.62 bits per heavy atom. The zero-order chi connectivity index (χ0) is 11.5. The van der Waals surface area contributed by atoms with Crippen LogP contribution in [0, 0.1) is 10.1 Å². The lowest BCUT2D eigenvalue weighted by Crippen LogP contribution is -2.30. The Bertz CT molecular complexity index is 405. The molecule has 0 amide bonds. The van der Waals surface area contributed by atoms with Crippen LogP contribution >= 0.6 is 11.6 Å². The molecule has 0 unspecified atom stereocenters. The number of halogens is 1. The highest BCUT2D eigenvalue weighted by Gasteiger charge is 2.22. The van der Waals surface area contributed by atoms with Crippen molar-refractivity contribution >= 4 is 23.1 Å². The molecule has 2 rings (SSSR count). The van der Waals surface area contributed by atoms with Gasteiger partial charge in [-0.15, -0.1) is 0 Å². The Morgan fingerprint density at radius 2 is 2.00 bits per heavy atom. The Labute approximate surface area is 98.2 Å². The fraction of sp³-hybridized carbons (Fsp3) is 0.500. The average molecular weight is 242 g/mol. The van der Waals surface area contributed by atoms with Crippen molar-refractivity contribution in [3.63, 3.8) is 0 Å². The van der Waals surface area contributed by atoms with Gasteiger partial charge in [-0.3, -0.25) is 10.1 Å². The third kappa shape index (κ3) is 2.24. The van der Waals surface area contributed by atoms with E-state index in [1.165, 1.54) is 18.6 Å². The van der Waals surface area contributed by atoms with Gasteiger partial charge < -0.3 is 4.90 Å². The number of nitro groups is 1. The van der Waals surface area contributed by atoms with E-state index in [4.69, 9.17) is 11.6 Å². The summed E-state index contributed by atoms with van der Waals surface area (Å²) in [6.07, 6.45) is 3.27. The van der Waals surface area contributed by atoms with Gasteiger partial charge in [0.05, 0.1) is 4.92 Å². The minimum absolute atomic E-state index is 0.0336. The predicted molar refractivity (Wildman–Crippen MR) is 62.0 cm³/mol. The topological polar surface area (TPSA) is 59.3 Å². The molecule has 1 aliphatic rings. The molecule has 5 nitrogen and oxygen atoms in total. The molecule has 1 aromatic rings. The van der Waals surface area contributed by atoms with Crippen LogP contribution in [0.4, 0.5) is 11.5 Å². The molecule has 1 fully saturated rings. The van der Waals surface area contributed by atoms with Crippen LogP contribution in [0.25, 0.3) is 0 Å². The van der Waals surface area contributed by atoms with Crippen LogP contribution in [0.3, 0.4) is 0 Å². The Morgan fingerprint density at radius 1 is 1.31 bits per heavy atom. The van der Waals surface area contributed by atoms with Crippen LogP contribution in [0.5, 0.6) is 0 Å². The van der Waals surface area contributed by atoms with Gasteiger partial charge in [-0.1, -0.05) is 11.6 Å². The van der Waals surface area contributed by atoms with Crippen molar-refractivity contribution in [1.29, 1.82) is 0 Å². The van der Waals surface area contributed by atoms with E-state index in [1.54, 1.807) is 0 Å². The third-order valence-electron chi connectivity index (χ3n) is 2.67. The Kier molecular flexibility index (Phi) is 3.24. The summed E-state index contributed by atoms with van der Waals surface area (Å²) < 4.78 is 0. The van der Waals surface area contributed by atoms with Crippen LogP contribution in [-0.2, 0) is 0 Å². The maximum absolute atomic E-state index is 10.9. The van der Waals surface area contributed by atoms with E-state index < -0.39 is 4.92 Å². The number of pyridine rings is 1. The molecule has 0 N–H and O–H groups in total. The summed E-state index contributed by atoms with van der Waals surface area (Å²) in [4.78, 5) is 16.5. The molecule has 1 saturated heterocycles. The number of anilines is 1. The van der Waals surface area contributed by atoms with Crippen molar-refractivity contribution in [3.8, 4) is 0 Å². The summed E-state index contributed by atoms with van der Waals surface area (Å²) in [7, 11) is 0. The highest BCUT2D eigenvalue weighted by Crippen LogP contribution is 2.29. The predicted octanol–water partition coefficient (Wildman–Crippen LogP) is 2.63. The van der Waals surface area contributed by atoms with E-state index >= 15 is 0 Å². The van der Waals surface area contributed by atoms with Crippen molar-refractivity contribution in [3.05, 3.63) is 27.4 Å². The molecule has 16 heavy (non-hydrogen) atoms. The first-order valence-corrected chi connectivity index (χ1v) is 5.62. The molecule has 2 heterocycles. The van der Waals surface area contributed by atoms with E-state index in [2.05, 4.69) is 4.98 Å². The first-order valence-electron chi connectivity index (χ1n) is 5.24. The summed E-state index contributed by atoms with van der Waals surface area (Å²) in [5.74, 6) is 0.400. The second kappa shape index (κ2) is 4.65. The third-order valence-corrected chi connectivity index (χ3v) is 2.88. The molecular formula is C10H12ClN3O2. The van der Waals surface area contributed by atoms with Gasteiger partial charge in [0.1, 0.15) is 5.15 Å². The normalized spacial score (nSPS) is 16.2. The maximum atomic E-state index is 10.9. The number of aromatic nitrogens is 1. The molecule has 86 valence electrons. The van der Waals surface area contributed by atoms with Crippen LogP contribution in [0.15, 0.2) is 12.1 Å². The van der Waals surface area contributed by atoms with Crippen molar-refractivity contribution in [2.45, 2.75) is 19.3 Å². The summed E-state index contributed by atoms with van der Waals surface area (Å²) in [6.45, 7) is 1.63.